The van der Waals surface area contributed by atoms with Gasteiger partial charge in [-0.1, -0.05) is 0 Å². The normalized spacial score (nSPS) is 19.1. The first-order valence-electron chi connectivity index (χ1n) is 9.40. The largest absolute Gasteiger partial charge is 0.444 e. The van der Waals surface area contributed by atoms with Crippen molar-refractivity contribution in [2.75, 3.05) is 13.1 Å². The molecule has 2 aromatic heterocycles. The second-order valence-electron chi connectivity index (χ2n) is 8.43. The Morgan fingerprint density at radius 2 is 1.88 bits per heavy atom. The maximum atomic E-state index is 12.2. The van der Waals surface area contributed by atoms with Crippen molar-refractivity contribution in [1.82, 2.24) is 19.5 Å². The number of aromatic nitrogens is 3. The number of hydrogen-bond acceptors (Lipinski definition) is 4. The molecule has 1 N–H and O–H groups in total. The van der Waals surface area contributed by atoms with E-state index in [1.807, 2.05) is 31.5 Å². The van der Waals surface area contributed by atoms with Gasteiger partial charge in [-0.05, 0) is 52.4 Å². The van der Waals surface area contributed by atoms with Crippen LogP contribution >= 0.6 is 0 Å². The molecule has 7 heteroatoms. The second kappa shape index (κ2) is 6.14. The summed E-state index contributed by atoms with van der Waals surface area (Å²) < 4.78 is 7.35. The number of amides is 1. The highest BCUT2D eigenvalue weighted by Gasteiger charge is 2.31. The molecule has 7 nitrogen and oxygen atoms in total. The highest BCUT2D eigenvalue weighted by molar-refractivity contribution is 5.68. The number of aromatic amines is 1. The van der Waals surface area contributed by atoms with Crippen LogP contribution in [0.25, 0.3) is 5.65 Å². The highest BCUT2D eigenvalue weighted by Crippen LogP contribution is 2.41. The lowest BCUT2D eigenvalue weighted by atomic mass is 9.93. The fourth-order valence-corrected chi connectivity index (χ4v) is 3.70. The van der Waals surface area contributed by atoms with Crippen LogP contribution in [0, 0.1) is 0 Å². The van der Waals surface area contributed by atoms with E-state index >= 15 is 0 Å². The Morgan fingerprint density at radius 3 is 2.50 bits per heavy atom. The number of carbonyl (C=O) groups is 1. The molecular formula is C19H26N4O3. The first-order valence-corrected chi connectivity index (χ1v) is 9.40. The smallest absolute Gasteiger partial charge is 0.410 e. The van der Waals surface area contributed by atoms with Gasteiger partial charge in [0.1, 0.15) is 11.2 Å². The van der Waals surface area contributed by atoms with Crippen LogP contribution in [0.3, 0.4) is 0 Å². The van der Waals surface area contributed by atoms with Gasteiger partial charge in [0.2, 0.25) is 0 Å². The summed E-state index contributed by atoms with van der Waals surface area (Å²) in [5.41, 5.74) is 2.37. The van der Waals surface area contributed by atoms with Gasteiger partial charge in [-0.2, -0.15) is 5.10 Å². The van der Waals surface area contributed by atoms with Crippen molar-refractivity contribution in [2.45, 2.75) is 63.9 Å². The minimum absolute atomic E-state index is 0.0792. The molecule has 2 aromatic rings. The minimum Gasteiger partial charge on any atom is -0.444 e. The van der Waals surface area contributed by atoms with Crippen molar-refractivity contribution >= 4 is 11.7 Å². The van der Waals surface area contributed by atoms with Crippen LogP contribution in [-0.2, 0) is 4.74 Å². The highest BCUT2D eigenvalue weighted by atomic mass is 16.6. The number of likely N-dealkylation sites (tertiary alicyclic amines) is 1. The van der Waals surface area contributed by atoms with Gasteiger partial charge < -0.3 is 14.6 Å². The quantitative estimate of drug-likeness (QED) is 0.895. The van der Waals surface area contributed by atoms with Crippen molar-refractivity contribution in [3.8, 4) is 0 Å². The lowest BCUT2D eigenvalue weighted by Gasteiger charge is -2.33. The van der Waals surface area contributed by atoms with E-state index in [9.17, 15) is 9.59 Å². The molecule has 3 heterocycles. The molecule has 0 unspecified atom stereocenters. The van der Waals surface area contributed by atoms with Crippen LogP contribution in [0.5, 0.6) is 0 Å². The molecule has 1 amide bonds. The topological polar surface area (TPSA) is 79.7 Å². The summed E-state index contributed by atoms with van der Waals surface area (Å²) in [7, 11) is 0. The Hall–Kier alpha value is -2.31. The number of nitrogens with one attached hydrogen (secondary N) is 1. The van der Waals surface area contributed by atoms with E-state index in [4.69, 9.17) is 4.74 Å². The molecule has 0 spiro atoms. The zero-order valence-corrected chi connectivity index (χ0v) is 15.6. The van der Waals surface area contributed by atoms with E-state index in [0.717, 1.165) is 29.7 Å². The van der Waals surface area contributed by atoms with Crippen molar-refractivity contribution in [3.05, 3.63) is 33.9 Å². The fraction of sp³-hybridized carbons (Fsp3) is 0.632. The van der Waals surface area contributed by atoms with Gasteiger partial charge >= 0.3 is 6.09 Å². The predicted octanol–water partition coefficient (Wildman–Crippen LogP) is 3.01. The van der Waals surface area contributed by atoms with Gasteiger partial charge in [0, 0.05) is 30.6 Å². The van der Waals surface area contributed by atoms with Gasteiger partial charge in [0.05, 0.1) is 11.9 Å². The Morgan fingerprint density at radius 1 is 1.19 bits per heavy atom. The van der Waals surface area contributed by atoms with E-state index in [1.54, 1.807) is 11.0 Å². The summed E-state index contributed by atoms with van der Waals surface area (Å²) in [4.78, 5) is 29.1. The third kappa shape index (κ3) is 3.34. The van der Waals surface area contributed by atoms with Crippen molar-refractivity contribution in [1.29, 1.82) is 0 Å². The van der Waals surface area contributed by atoms with Gasteiger partial charge in [0.25, 0.3) is 5.56 Å². The summed E-state index contributed by atoms with van der Waals surface area (Å²) in [5, 5.41) is 4.54. The molecule has 0 radical (unpaired) electrons. The SMILES string of the molecule is CC(C)(C)OC(=O)N1CCC(c2cc(=O)[nH]c3c(C4CC4)cnn23)CC1. The zero-order valence-electron chi connectivity index (χ0n) is 15.6. The number of fused-ring (bicyclic) bond motifs is 1. The molecule has 2 aliphatic rings. The first kappa shape index (κ1) is 17.1. The number of ether oxygens (including phenoxy) is 1. The molecule has 1 saturated carbocycles. The summed E-state index contributed by atoms with van der Waals surface area (Å²) in [6.07, 6.45) is 5.57. The van der Waals surface area contributed by atoms with Gasteiger partial charge in [-0.25, -0.2) is 9.31 Å². The van der Waals surface area contributed by atoms with Crippen LogP contribution in [0.1, 0.15) is 69.5 Å². The van der Waals surface area contributed by atoms with Crippen LogP contribution in [0.2, 0.25) is 0 Å². The lowest BCUT2D eigenvalue weighted by molar-refractivity contribution is 0.0203. The standard InChI is InChI=1S/C19H26N4O3/c1-19(2,3)26-18(25)22-8-6-13(7-9-22)15-10-16(24)21-17-14(12-4-5-12)11-20-23(15)17/h10-13H,4-9H2,1-3H3,(H,21,24). The number of nitrogens with zero attached hydrogens (tertiary/aromatic N) is 3. The molecule has 0 bridgehead atoms. The summed E-state index contributed by atoms with van der Waals surface area (Å²) in [5.74, 6) is 0.748. The minimum atomic E-state index is -0.485. The van der Waals surface area contributed by atoms with E-state index in [0.29, 0.717) is 19.0 Å². The van der Waals surface area contributed by atoms with Crippen molar-refractivity contribution in [3.63, 3.8) is 0 Å². The van der Waals surface area contributed by atoms with Crippen LogP contribution in [0.15, 0.2) is 17.1 Å². The molecule has 0 atom stereocenters. The molecule has 4 rings (SSSR count). The number of rotatable bonds is 2. The third-order valence-corrected chi connectivity index (χ3v) is 5.14. The van der Waals surface area contributed by atoms with Crippen molar-refractivity contribution < 1.29 is 9.53 Å². The Bertz CT molecular complexity index is 880. The summed E-state index contributed by atoms with van der Waals surface area (Å²) >= 11 is 0. The molecular weight excluding hydrogens is 332 g/mol. The molecule has 1 saturated heterocycles. The lowest BCUT2D eigenvalue weighted by Crippen LogP contribution is -2.41. The Labute approximate surface area is 152 Å². The maximum absolute atomic E-state index is 12.2. The summed E-state index contributed by atoms with van der Waals surface area (Å²) in [6.45, 7) is 6.88. The number of hydrogen-bond donors (Lipinski definition) is 1. The van der Waals surface area contributed by atoms with Gasteiger partial charge in [-0.3, -0.25) is 4.79 Å². The van der Waals surface area contributed by atoms with E-state index in [1.165, 1.54) is 12.8 Å². The molecule has 2 fully saturated rings. The van der Waals surface area contributed by atoms with Crippen LogP contribution < -0.4 is 5.56 Å². The average Bonchev–Trinajstić information content (AvgIpc) is 3.33. The average molecular weight is 358 g/mol. The van der Waals surface area contributed by atoms with Crippen LogP contribution in [0.4, 0.5) is 4.79 Å². The van der Waals surface area contributed by atoms with E-state index in [2.05, 4.69) is 10.1 Å². The Balaban J connectivity index is 1.53. The van der Waals surface area contributed by atoms with Crippen molar-refractivity contribution in [2.24, 2.45) is 0 Å². The monoisotopic (exact) mass is 358 g/mol. The second-order valence-corrected chi connectivity index (χ2v) is 8.43. The molecule has 0 aromatic carbocycles. The number of piperidine rings is 1. The van der Waals surface area contributed by atoms with Gasteiger partial charge in [0.15, 0.2) is 0 Å². The molecule has 26 heavy (non-hydrogen) atoms. The molecule has 140 valence electrons. The maximum Gasteiger partial charge on any atom is 0.410 e. The molecule has 1 aliphatic heterocycles. The fourth-order valence-electron chi connectivity index (χ4n) is 3.70. The molecule has 1 aliphatic carbocycles. The Kier molecular flexibility index (Phi) is 4.04. The van der Waals surface area contributed by atoms with E-state index < -0.39 is 5.60 Å². The van der Waals surface area contributed by atoms with E-state index in [-0.39, 0.29) is 17.6 Å². The first-order chi connectivity index (χ1) is 12.3. The summed E-state index contributed by atoms with van der Waals surface area (Å²) in [6, 6.07) is 1.66. The zero-order chi connectivity index (χ0) is 18.5. The number of carbonyl (C=O) groups excluding carboxylic acids is 1. The predicted molar refractivity (Wildman–Crippen MR) is 97.6 cm³/mol. The third-order valence-electron chi connectivity index (χ3n) is 5.14. The van der Waals surface area contributed by atoms with Gasteiger partial charge in [-0.15, -0.1) is 0 Å². The van der Waals surface area contributed by atoms with Crippen LogP contribution in [-0.4, -0.2) is 44.3 Å². The number of H-pyrrole nitrogens is 1.